The van der Waals surface area contributed by atoms with Gasteiger partial charge in [0.2, 0.25) is 0 Å². The molecule has 2 aromatic rings. The molecule has 0 radical (unpaired) electrons. The Kier molecular flexibility index (Phi) is 3.94. The summed E-state index contributed by atoms with van der Waals surface area (Å²) in [7, 11) is 0. The molecule has 0 heterocycles. The predicted molar refractivity (Wildman–Crippen MR) is 73.8 cm³/mol. The Balaban J connectivity index is 2.37. The average Bonchev–Trinajstić information content (AvgIpc) is 2.46. The zero-order valence-corrected chi connectivity index (χ0v) is 10.7. The van der Waals surface area contributed by atoms with Crippen molar-refractivity contribution in [2.75, 3.05) is 0 Å². The standard InChI is InChI=1S/C16H15FN2/c1-2-16(19)13-5-3-12(4-6-13)14-7-11(10-18)8-15(17)9-14/h3-9,16H,2,19H2,1H3. The number of rotatable bonds is 3. The third-order valence-electron chi connectivity index (χ3n) is 3.14. The topological polar surface area (TPSA) is 49.8 Å². The fraction of sp³-hybridized carbons (Fsp3) is 0.188. The highest BCUT2D eigenvalue weighted by Gasteiger charge is 2.06. The second-order valence-corrected chi connectivity index (χ2v) is 4.48. The summed E-state index contributed by atoms with van der Waals surface area (Å²) < 4.78 is 13.4. The number of nitrogens with zero attached hydrogens (tertiary/aromatic N) is 1. The van der Waals surface area contributed by atoms with Crippen molar-refractivity contribution in [1.29, 1.82) is 5.26 Å². The first kappa shape index (κ1) is 13.3. The van der Waals surface area contributed by atoms with Crippen LogP contribution in [0.4, 0.5) is 4.39 Å². The van der Waals surface area contributed by atoms with Crippen molar-refractivity contribution in [1.82, 2.24) is 0 Å². The fourth-order valence-electron chi connectivity index (χ4n) is 1.98. The van der Waals surface area contributed by atoms with Gasteiger partial charge in [0, 0.05) is 6.04 Å². The molecule has 19 heavy (non-hydrogen) atoms. The van der Waals surface area contributed by atoms with Crippen LogP contribution >= 0.6 is 0 Å². The van der Waals surface area contributed by atoms with Gasteiger partial charge in [-0.3, -0.25) is 0 Å². The minimum Gasteiger partial charge on any atom is -0.324 e. The molecule has 2 rings (SSSR count). The highest BCUT2D eigenvalue weighted by atomic mass is 19.1. The maximum Gasteiger partial charge on any atom is 0.125 e. The Labute approximate surface area is 112 Å². The van der Waals surface area contributed by atoms with Gasteiger partial charge >= 0.3 is 0 Å². The molecule has 0 aromatic heterocycles. The summed E-state index contributed by atoms with van der Waals surface area (Å²) in [5.74, 6) is -0.400. The Morgan fingerprint density at radius 2 is 1.84 bits per heavy atom. The Hall–Kier alpha value is -2.18. The second-order valence-electron chi connectivity index (χ2n) is 4.48. The molecule has 2 nitrogen and oxygen atoms in total. The van der Waals surface area contributed by atoms with Crippen molar-refractivity contribution < 1.29 is 4.39 Å². The molecule has 96 valence electrons. The van der Waals surface area contributed by atoms with Crippen LogP contribution in [0.25, 0.3) is 11.1 Å². The van der Waals surface area contributed by atoms with E-state index in [2.05, 4.69) is 0 Å². The fourth-order valence-corrected chi connectivity index (χ4v) is 1.98. The van der Waals surface area contributed by atoms with Crippen LogP contribution in [-0.2, 0) is 0 Å². The summed E-state index contributed by atoms with van der Waals surface area (Å²) in [6.45, 7) is 2.03. The maximum absolute atomic E-state index is 13.4. The van der Waals surface area contributed by atoms with Gasteiger partial charge in [0.05, 0.1) is 11.6 Å². The molecule has 0 aliphatic carbocycles. The zero-order valence-electron chi connectivity index (χ0n) is 10.7. The SMILES string of the molecule is CCC(N)c1ccc(-c2cc(F)cc(C#N)c2)cc1. The molecule has 0 aliphatic rings. The third kappa shape index (κ3) is 2.98. The lowest BCUT2D eigenvalue weighted by Gasteiger charge is -2.10. The first-order valence-corrected chi connectivity index (χ1v) is 6.20. The van der Waals surface area contributed by atoms with E-state index in [0.29, 0.717) is 11.1 Å². The van der Waals surface area contributed by atoms with Crippen LogP contribution in [0, 0.1) is 17.1 Å². The molecule has 1 unspecified atom stereocenters. The van der Waals surface area contributed by atoms with E-state index in [1.54, 1.807) is 6.07 Å². The summed E-state index contributed by atoms with van der Waals surface area (Å²) in [5, 5.41) is 8.85. The van der Waals surface area contributed by atoms with Crippen LogP contribution < -0.4 is 5.73 Å². The summed E-state index contributed by atoms with van der Waals surface area (Å²) in [4.78, 5) is 0. The van der Waals surface area contributed by atoms with E-state index in [0.717, 1.165) is 17.5 Å². The molecule has 0 bridgehead atoms. The molecule has 2 aromatic carbocycles. The van der Waals surface area contributed by atoms with Gasteiger partial charge in [-0.15, -0.1) is 0 Å². The zero-order chi connectivity index (χ0) is 13.8. The molecule has 0 amide bonds. The van der Waals surface area contributed by atoms with Gasteiger partial charge in [0.25, 0.3) is 0 Å². The van der Waals surface area contributed by atoms with Crippen molar-refractivity contribution in [2.24, 2.45) is 5.73 Å². The van der Waals surface area contributed by atoms with Crippen molar-refractivity contribution in [3.8, 4) is 17.2 Å². The minimum atomic E-state index is -0.400. The summed E-state index contributed by atoms with van der Waals surface area (Å²) in [6, 6.07) is 14.0. The van der Waals surface area contributed by atoms with E-state index in [4.69, 9.17) is 11.0 Å². The Bertz CT molecular complexity index is 612. The molecule has 1 atom stereocenters. The Morgan fingerprint density at radius 1 is 1.16 bits per heavy atom. The lowest BCUT2D eigenvalue weighted by molar-refractivity contribution is 0.628. The first-order valence-electron chi connectivity index (χ1n) is 6.20. The minimum absolute atomic E-state index is 0.0243. The van der Waals surface area contributed by atoms with E-state index in [9.17, 15) is 4.39 Å². The molecule has 0 saturated heterocycles. The molecule has 0 spiro atoms. The summed E-state index contributed by atoms with van der Waals surface area (Å²) in [6.07, 6.45) is 0.873. The first-order chi connectivity index (χ1) is 9.13. The number of benzene rings is 2. The number of hydrogen-bond acceptors (Lipinski definition) is 2. The number of nitriles is 1. The van der Waals surface area contributed by atoms with Gasteiger partial charge in [0.1, 0.15) is 5.82 Å². The van der Waals surface area contributed by atoms with E-state index >= 15 is 0 Å². The van der Waals surface area contributed by atoms with Gasteiger partial charge in [0.15, 0.2) is 0 Å². The van der Waals surface area contributed by atoms with Crippen LogP contribution in [0.2, 0.25) is 0 Å². The number of nitrogens with two attached hydrogens (primary N) is 1. The number of hydrogen-bond donors (Lipinski definition) is 1. The highest BCUT2D eigenvalue weighted by molar-refractivity contribution is 5.65. The van der Waals surface area contributed by atoms with Crippen LogP contribution in [0.15, 0.2) is 42.5 Å². The van der Waals surface area contributed by atoms with Crippen molar-refractivity contribution in [3.05, 3.63) is 59.4 Å². The molecular weight excluding hydrogens is 239 g/mol. The van der Waals surface area contributed by atoms with Crippen LogP contribution in [0.5, 0.6) is 0 Å². The summed E-state index contributed by atoms with van der Waals surface area (Å²) >= 11 is 0. The average molecular weight is 254 g/mol. The molecule has 3 heteroatoms. The van der Waals surface area contributed by atoms with Gasteiger partial charge in [-0.05, 0) is 41.3 Å². The highest BCUT2D eigenvalue weighted by Crippen LogP contribution is 2.24. The van der Waals surface area contributed by atoms with Crippen LogP contribution in [0.1, 0.15) is 30.5 Å². The van der Waals surface area contributed by atoms with E-state index in [-0.39, 0.29) is 6.04 Å². The smallest absolute Gasteiger partial charge is 0.125 e. The van der Waals surface area contributed by atoms with E-state index in [1.807, 2.05) is 37.3 Å². The lowest BCUT2D eigenvalue weighted by Crippen LogP contribution is -2.08. The monoisotopic (exact) mass is 254 g/mol. The third-order valence-corrected chi connectivity index (χ3v) is 3.14. The van der Waals surface area contributed by atoms with Crippen molar-refractivity contribution >= 4 is 0 Å². The van der Waals surface area contributed by atoms with E-state index in [1.165, 1.54) is 12.1 Å². The van der Waals surface area contributed by atoms with Gasteiger partial charge in [-0.2, -0.15) is 5.26 Å². The normalized spacial score (nSPS) is 11.9. The number of halogens is 1. The predicted octanol–water partition coefficient (Wildman–Crippen LogP) is 3.77. The molecule has 2 N–H and O–H groups in total. The molecular formula is C16H15FN2. The van der Waals surface area contributed by atoms with Crippen molar-refractivity contribution in [2.45, 2.75) is 19.4 Å². The van der Waals surface area contributed by atoms with Crippen molar-refractivity contribution in [3.63, 3.8) is 0 Å². The lowest BCUT2D eigenvalue weighted by atomic mass is 9.99. The summed E-state index contributed by atoms with van der Waals surface area (Å²) in [5.41, 5.74) is 8.91. The molecule has 0 saturated carbocycles. The van der Waals surface area contributed by atoms with Crippen LogP contribution in [0.3, 0.4) is 0 Å². The van der Waals surface area contributed by atoms with Gasteiger partial charge in [-0.1, -0.05) is 31.2 Å². The Morgan fingerprint density at radius 3 is 2.42 bits per heavy atom. The molecule has 0 fully saturated rings. The van der Waals surface area contributed by atoms with Gasteiger partial charge < -0.3 is 5.73 Å². The second kappa shape index (κ2) is 5.64. The quantitative estimate of drug-likeness (QED) is 0.906. The maximum atomic E-state index is 13.4. The van der Waals surface area contributed by atoms with Crippen LogP contribution in [-0.4, -0.2) is 0 Å². The van der Waals surface area contributed by atoms with Gasteiger partial charge in [-0.25, -0.2) is 4.39 Å². The largest absolute Gasteiger partial charge is 0.324 e. The van der Waals surface area contributed by atoms with E-state index < -0.39 is 5.82 Å². The molecule has 0 aliphatic heterocycles.